The van der Waals surface area contributed by atoms with E-state index < -0.39 is 0 Å². The molecule has 2 amide bonds. The fraction of sp³-hybridized carbons (Fsp3) is 0.636. The van der Waals surface area contributed by atoms with Crippen LogP contribution >= 0.6 is 0 Å². The number of hydrogen-bond acceptors (Lipinski definition) is 3. The first kappa shape index (κ1) is 19.7. The molecule has 1 saturated carbocycles. The Bertz CT molecular complexity index is 660. The zero-order valence-corrected chi connectivity index (χ0v) is 16.7. The minimum absolute atomic E-state index is 0.0409. The quantitative estimate of drug-likeness (QED) is 0.766. The lowest BCUT2D eigenvalue weighted by Gasteiger charge is -2.35. The zero-order valence-electron chi connectivity index (χ0n) is 16.7. The number of hydrogen-bond donors (Lipinski definition) is 0. The summed E-state index contributed by atoms with van der Waals surface area (Å²) in [5.74, 6) is 1.87. The Kier molecular flexibility index (Phi) is 6.75. The van der Waals surface area contributed by atoms with Crippen LogP contribution in [-0.2, 0) is 4.79 Å². The first-order chi connectivity index (χ1) is 13.1. The van der Waals surface area contributed by atoms with E-state index in [1.807, 2.05) is 41.8 Å². The molecular formula is C22H32N2O3. The summed E-state index contributed by atoms with van der Waals surface area (Å²) < 4.78 is 5.55. The van der Waals surface area contributed by atoms with E-state index in [1.54, 1.807) is 0 Å². The van der Waals surface area contributed by atoms with Gasteiger partial charge in [-0.25, -0.2) is 0 Å². The van der Waals surface area contributed by atoms with Crippen molar-refractivity contribution in [1.29, 1.82) is 0 Å². The Balaban J connectivity index is 1.48. The number of rotatable bonds is 6. The summed E-state index contributed by atoms with van der Waals surface area (Å²) in [4.78, 5) is 29.0. The lowest BCUT2D eigenvalue weighted by Crippen LogP contribution is -2.50. The predicted molar refractivity (Wildman–Crippen MR) is 106 cm³/mol. The molecule has 1 heterocycles. The number of piperazine rings is 1. The maximum atomic E-state index is 12.8. The van der Waals surface area contributed by atoms with Crippen molar-refractivity contribution >= 4 is 11.8 Å². The zero-order chi connectivity index (χ0) is 19.2. The molecule has 2 aliphatic rings. The van der Waals surface area contributed by atoms with Gasteiger partial charge < -0.3 is 14.5 Å². The molecule has 1 aliphatic heterocycles. The van der Waals surface area contributed by atoms with E-state index in [0.717, 1.165) is 23.7 Å². The molecule has 5 heteroatoms. The standard InChI is InChI=1S/C22H32N2O3/c1-3-27-20-10-9-19(16-17(20)2)22(26)24-14-12-23(13-15-24)21(25)11-8-18-6-4-5-7-18/h9-10,16,18H,3-8,11-15H2,1-2H3. The van der Waals surface area contributed by atoms with Gasteiger partial charge in [0.05, 0.1) is 6.61 Å². The van der Waals surface area contributed by atoms with Crippen molar-refractivity contribution in [1.82, 2.24) is 9.80 Å². The normalized spacial score (nSPS) is 18.0. The van der Waals surface area contributed by atoms with Crippen LogP contribution in [0.25, 0.3) is 0 Å². The van der Waals surface area contributed by atoms with Gasteiger partial charge in [0.1, 0.15) is 5.75 Å². The fourth-order valence-electron chi connectivity index (χ4n) is 4.23. The fourth-order valence-corrected chi connectivity index (χ4v) is 4.23. The second kappa shape index (κ2) is 9.25. The number of carbonyl (C=O) groups is 2. The lowest BCUT2D eigenvalue weighted by molar-refractivity contribution is -0.133. The summed E-state index contributed by atoms with van der Waals surface area (Å²) in [6.07, 6.45) is 6.92. The van der Waals surface area contributed by atoms with Crippen LogP contribution in [-0.4, -0.2) is 54.4 Å². The highest BCUT2D eigenvalue weighted by Crippen LogP contribution is 2.28. The van der Waals surface area contributed by atoms with Crippen molar-refractivity contribution in [3.05, 3.63) is 29.3 Å². The van der Waals surface area contributed by atoms with Gasteiger partial charge in [-0.05, 0) is 49.9 Å². The van der Waals surface area contributed by atoms with Gasteiger partial charge in [0.25, 0.3) is 5.91 Å². The van der Waals surface area contributed by atoms with Gasteiger partial charge in [0.15, 0.2) is 0 Å². The molecule has 0 aromatic heterocycles. The van der Waals surface area contributed by atoms with Crippen LogP contribution in [0.3, 0.4) is 0 Å². The van der Waals surface area contributed by atoms with Gasteiger partial charge in [-0.3, -0.25) is 9.59 Å². The molecule has 1 aromatic carbocycles. The highest BCUT2D eigenvalue weighted by molar-refractivity contribution is 5.94. The van der Waals surface area contributed by atoms with Crippen molar-refractivity contribution in [2.45, 2.75) is 52.4 Å². The third-order valence-electron chi connectivity index (χ3n) is 5.88. The molecule has 2 fully saturated rings. The maximum Gasteiger partial charge on any atom is 0.253 e. The minimum Gasteiger partial charge on any atom is -0.494 e. The topological polar surface area (TPSA) is 49.9 Å². The van der Waals surface area contributed by atoms with Gasteiger partial charge in [-0.15, -0.1) is 0 Å². The molecule has 0 radical (unpaired) electrons. The third-order valence-corrected chi connectivity index (χ3v) is 5.88. The molecule has 0 spiro atoms. The van der Waals surface area contributed by atoms with Gasteiger partial charge in [-0.2, -0.15) is 0 Å². The van der Waals surface area contributed by atoms with Crippen LogP contribution < -0.4 is 4.74 Å². The Morgan fingerprint density at radius 1 is 1.07 bits per heavy atom. The van der Waals surface area contributed by atoms with E-state index in [9.17, 15) is 9.59 Å². The molecule has 148 valence electrons. The molecule has 0 unspecified atom stereocenters. The summed E-state index contributed by atoms with van der Waals surface area (Å²) in [7, 11) is 0. The smallest absolute Gasteiger partial charge is 0.253 e. The van der Waals surface area contributed by atoms with Crippen LogP contribution in [0, 0.1) is 12.8 Å². The van der Waals surface area contributed by atoms with Gasteiger partial charge in [0.2, 0.25) is 5.91 Å². The summed E-state index contributed by atoms with van der Waals surface area (Å²) in [5, 5.41) is 0. The van der Waals surface area contributed by atoms with Crippen LogP contribution in [0.2, 0.25) is 0 Å². The average Bonchev–Trinajstić information content (AvgIpc) is 3.21. The largest absolute Gasteiger partial charge is 0.494 e. The van der Waals surface area contributed by atoms with E-state index >= 15 is 0 Å². The second-order valence-corrected chi connectivity index (χ2v) is 7.78. The van der Waals surface area contributed by atoms with Crippen molar-refractivity contribution in [3.8, 4) is 5.75 Å². The van der Waals surface area contributed by atoms with Crippen molar-refractivity contribution in [2.24, 2.45) is 5.92 Å². The van der Waals surface area contributed by atoms with Crippen molar-refractivity contribution in [3.63, 3.8) is 0 Å². The highest BCUT2D eigenvalue weighted by Gasteiger charge is 2.26. The Labute approximate surface area is 162 Å². The lowest BCUT2D eigenvalue weighted by atomic mass is 10.0. The third kappa shape index (κ3) is 5.02. The van der Waals surface area contributed by atoms with E-state index in [0.29, 0.717) is 44.8 Å². The molecule has 3 rings (SSSR count). The van der Waals surface area contributed by atoms with Crippen LogP contribution in [0.1, 0.15) is 61.4 Å². The van der Waals surface area contributed by atoms with Gasteiger partial charge in [0, 0.05) is 38.2 Å². The van der Waals surface area contributed by atoms with Crippen molar-refractivity contribution in [2.75, 3.05) is 32.8 Å². The summed E-state index contributed by atoms with van der Waals surface area (Å²) >= 11 is 0. The average molecular weight is 373 g/mol. The van der Waals surface area contributed by atoms with E-state index in [2.05, 4.69) is 0 Å². The van der Waals surface area contributed by atoms with E-state index in [1.165, 1.54) is 25.7 Å². The monoisotopic (exact) mass is 372 g/mol. The highest BCUT2D eigenvalue weighted by atomic mass is 16.5. The summed E-state index contributed by atoms with van der Waals surface area (Å²) in [5.41, 5.74) is 1.67. The number of ether oxygens (including phenoxy) is 1. The molecule has 1 aromatic rings. The Hall–Kier alpha value is -2.04. The van der Waals surface area contributed by atoms with Crippen LogP contribution in [0.15, 0.2) is 18.2 Å². The van der Waals surface area contributed by atoms with Crippen LogP contribution in [0.4, 0.5) is 0 Å². The number of aryl methyl sites for hydroxylation is 1. The number of carbonyl (C=O) groups excluding carboxylic acids is 2. The number of nitrogens with zero attached hydrogens (tertiary/aromatic N) is 2. The van der Waals surface area contributed by atoms with E-state index in [4.69, 9.17) is 4.74 Å². The minimum atomic E-state index is 0.0409. The first-order valence-electron chi connectivity index (χ1n) is 10.4. The predicted octanol–water partition coefficient (Wildman–Crippen LogP) is 3.65. The van der Waals surface area contributed by atoms with Crippen LogP contribution in [0.5, 0.6) is 5.75 Å². The molecule has 5 nitrogen and oxygen atoms in total. The molecular weight excluding hydrogens is 340 g/mol. The first-order valence-corrected chi connectivity index (χ1v) is 10.4. The molecule has 1 saturated heterocycles. The Morgan fingerprint density at radius 3 is 2.37 bits per heavy atom. The van der Waals surface area contributed by atoms with Gasteiger partial charge in [-0.1, -0.05) is 25.7 Å². The number of amides is 2. The maximum absolute atomic E-state index is 12.8. The van der Waals surface area contributed by atoms with E-state index in [-0.39, 0.29) is 11.8 Å². The van der Waals surface area contributed by atoms with Gasteiger partial charge >= 0.3 is 0 Å². The summed E-state index contributed by atoms with van der Waals surface area (Å²) in [6.45, 7) is 7.04. The molecule has 27 heavy (non-hydrogen) atoms. The molecule has 0 N–H and O–H groups in total. The summed E-state index contributed by atoms with van der Waals surface area (Å²) in [6, 6.07) is 5.60. The Morgan fingerprint density at radius 2 is 1.74 bits per heavy atom. The second-order valence-electron chi connectivity index (χ2n) is 7.78. The molecule has 0 bridgehead atoms. The SMILES string of the molecule is CCOc1ccc(C(=O)N2CCN(C(=O)CCC3CCCC3)CC2)cc1C. The van der Waals surface area contributed by atoms with Crippen molar-refractivity contribution < 1.29 is 14.3 Å². The molecule has 0 atom stereocenters. The number of benzene rings is 1. The molecule has 1 aliphatic carbocycles.